The van der Waals surface area contributed by atoms with Crippen molar-refractivity contribution in [2.24, 2.45) is 7.05 Å². The summed E-state index contributed by atoms with van der Waals surface area (Å²) in [5.74, 6) is 1.46. The molecule has 0 bridgehead atoms. The topological polar surface area (TPSA) is 58.7 Å². The fourth-order valence-electron chi connectivity index (χ4n) is 4.59. The molecule has 0 N–H and O–H groups in total. The van der Waals surface area contributed by atoms with Crippen LogP contribution in [0.4, 0.5) is 5.69 Å². The van der Waals surface area contributed by atoms with Crippen molar-refractivity contribution in [1.29, 1.82) is 0 Å². The Morgan fingerprint density at radius 1 is 0.968 bits per heavy atom. The molecular weight excluding hydrogens is 388 g/mol. The summed E-state index contributed by atoms with van der Waals surface area (Å²) in [4.78, 5) is 17.7. The lowest BCUT2D eigenvalue weighted by molar-refractivity contribution is 0.243. The number of piperazine rings is 1. The van der Waals surface area contributed by atoms with Gasteiger partial charge in [-0.1, -0.05) is 23.8 Å². The van der Waals surface area contributed by atoms with Crippen molar-refractivity contribution in [3.63, 3.8) is 0 Å². The fourth-order valence-corrected chi connectivity index (χ4v) is 4.59. The summed E-state index contributed by atoms with van der Waals surface area (Å²) < 4.78 is 3.63. The second kappa shape index (κ2) is 7.50. The highest BCUT2D eigenvalue weighted by molar-refractivity contribution is 5.81. The van der Waals surface area contributed by atoms with E-state index in [2.05, 4.69) is 52.0 Å². The second-order valence-electron chi connectivity index (χ2n) is 8.62. The number of benzene rings is 2. The van der Waals surface area contributed by atoms with Gasteiger partial charge in [-0.3, -0.25) is 18.7 Å². The van der Waals surface area contributed by atoms with E-state index in [4.69, 9.17) is 0 Å². The molecule has 7 nitrogen and oxygen atoms in total. The van der Waals surface area contributed by atoms with Crippen LogP contribution >= 0.6 is 0 Å². The van der Waals surface area contributed by atoms with Gasteiger partial charge in [0.25, 0.3) is 5.56 Å². The van der Waals surface area contributed by atoms with Crippen LogP contribution in [0.5, 0.6) is 0 Å². The Morgan fingerprint density at radius 3 is 2.52 bits per heavy atom. The predicted octanol–water partition coefficient (Wildman–Crippen LogP) is 2.83. The zero-order chi connectivity index (χ0) is 21.7. The maximum atomic E-state index is 12.8. The molecule has 0 unspecified atom stereocenters. The largest absolute Gasteiger partial charge is 0.369 e. The summed E-state index contributed by atoms with van der Waals surface area (Å²) in [6.07, 6.45) is 0. The molecule has 0 spiro atoms. The van der Waals surface area contributed by atoms with Gasteiger partial charge in [0.15, 0.2) is 5.82 Å². The Hall–Kier alpha value is -3.19. The van der Waals surface area contributed by atoms with Crippen molar-refractivity contribution < 1.29 is 0 Å². The van der Waals surface area contributed by atoms with Gasteiger partial charge in [-0.25, -0.2) is 0 Å². The summed E-state index contributed by atoms with van der Waals surface area (Å²) in [5.41, 5.74) is 5.94. The molecule has 1 aliphatic heterocycles. The SMILES string of the molecule is Cc1ccc2c(c1)c(=O)n(C)c1nnc(CN3CCN(c4cccc(C)c4C)CC3)n21. The average molecular weight is 417 g/mol. The third-order valence-electron chi connectivity index (χ3n) is 6.60. The highest BCUT2D eigenvalue weighted by Crippen LogP contribution is 2.24. The molecule has 5 rings (SSSR count). The van der Waals surface area contributed by atoms with Crippen molar-refractivity contribution in [3.05, 3.63) is 69.3 Å². The number of aromatic nitrogens is 4. The zero-order valence-corrected chi connectivity index (χ0v) is 18.6. The van der Waals surface area contributed by atoms with Gasteiger partial charge in [0, 0.05) is 38.9 Å². The highest BCUT2D eigenvalue weighted by atomic mass is 16.1. The molecule has 0 atom stereocenters. The minimum absolute atomic E-state index is 0.0349. The van der Waals surface area contributed by atoms with Crippen LogP contribution in [0.2, 0.25) is 0 Å². The third kappa shape index (κ3) is 3.29. The fraction of sp³-hybridized carbons (Fsp3) is 0.375. The monoisotopic (exact) mass is 416 g/mol. The second-order valence-corrected chi connectivity index (χ2v) is 8.62. The summed E-state index contributed by atoms with van der Waals surface area (Å²) in [5, 5.41) is 9.51. The standard InChI is InChI=1S/C24H28N6O/c1-16-8-9-21-19(14-16)23(31)27(4)24-26-25-22(30(21)24)15-28-10-12-29(13-11-28)20-7-5-6-17(2)18(20)3/h5-9,14H,10-13,15H2,1-4H3. The van der Waals surface area contributed by atoms with Gasteiger partial charge in [-0.2, -0.15) is 0 Å². The molecule has 7 heteroatoms. The Balaban J connectivity index is 1.43. The minimum atomic E-state index is -0.0349. The molecule has 4 aromatic rings. The summed E-state index contributed by atoms with van der Waals surface area (Å²) in [6, 6.07) is 12.5. The van der Waals surface area contributed by atoms with Crippen LogP contribution in [0.1, 0.15) is 22.5 Å². The molecule has 2 aromatic carbocycles. The Labute approximate surface area is 181 Å². The minimum Gasteiger partial charge on any atom is -0.369 e. The number of hydrogen-bond acceptors (Lipinski definition) is 5. The first-order valence-electron chi connectivity index (χ1n) is 10.8. The Bertz CT molecular complexity index is 1340. The number of rotatable bonds is 3. The highest BCUT2D eigenvalue weighted by Gasteiger charge is 2.22. The van der Waals surface area contributed by atoms with Crippen molar-refractivity contribution in [1.82, 2.24) is 24.1 Å². The number of fused-ring (bicyclic) bond motifs is 3. The van der Waals surface area contributed by atoms with Crippen molar-refractivity contribution in [2.45, 2.75) is 27.3 Å². The predicted molar refractivity (Wildman–Crippen MR) is 124 cm³/mol. The van der Waals surface area contributed by atoms with Crippen LogP contribution in [0.3, 0.4) is 0 Å². The van der Waals surface area contributed by atoms with Crippen LogP contribution in [0, 0.1) is 20.8 Å². The molecule has 1 fully saturated rings. The molecule has 0 radical (unpaired) electrons. The summed E-state index contributed by atoms with van der Waals surface area (Å²) in [7, 11) is 1.76. The van der Waals surface area contributed by atoms with Crippen LogP contribution in [-0.2, 0) is 13.6 Å². The van der Waals surface area contributed by atoms with Crippen molar-refractivity contribution >= 4 is 22.4 Å². The quantitative estimate of drug-likeness (QED) is 0.514. The van der Waals surface area contributed by atoms with E-state index in [9.17, 15) is 4.79 Å². The van der Waals surface area contributed by atoms with Gasteiger partial charge in [0.1, 0.15) is 0 Å². The van der Waals surface area contributed by atoms with E-state index in [1.807, 2.05) is 29.5 Å². The van der Waals surface area contributed by atoms with Gasteiger partial charge in [0.2, 0.25) is 5.78 Å². The van der Waals surface area contributed by atoms with Crippen LogP contribution < -0.4 is 10.5 Å². The van der Waals surface area contributed by atoms with Crippen LogP contribution in [0.25, 0.3) is 16.7 Å². The van der Waals surface area contributed by atoms with E-state index in [1.165, 1.54) is 16.8 Å². The molecule has 160 valence electrons. The van der Waals surface area contributed by atoms with Gasteiger partial charge in [0.05, 0.1) is 17.4 Å². The molecule has 1 aliphatic rings. The first kappa shape index (κ1) is 19.8. The maximum absolute atomic E-state index is 12.8. The lowest BCUT2D eigenvalue weighted by Gasteiger charge is -2.36. The van der Waals surface area contributed by atoms with Crippen molar-refractivity contribution in [2.75, 3.05) is 31.1 Å². The smallest absolute Gasteiger partial charge is 0.262 e. The molecule has 0 saturated carbocycles. The molecule has 31 heavy (non-hydrogen) atoms. The van der Waals surface area contributed by atoms with E-state index >= 15 is 0 Å². The average Bonchev–Trinajstić information content (AvgIpc) is 3.18. The number of aryl methyl sites for hydroxylation is 3. The molecule has 3 heterocycles. The van der Waals surface area contributed by atoms with Crippen molar-refractivity contribution in [3.8, 4) is 0 Å². The van der Waals surface area contributed by atoms with E-state index in [0.717, 1.165) is 43.1 Å². The van der Waals surface area contributed by atoms with Crippen LogP contribution in [0.15, 0.2) is 41.2 Å². The normalized spacial score (nSPS) is 15.3. The molecule has 1 saturated heterocycles. The first-order valence-corrected chi connectivity index (χ1v) is 10.8. The number of anilines is 1. The lowest BCUT2D eigenvalue weighted by atomic mass is 10.1. The third-order valence-corrected chi connectivity index (χ3v) is 6.60. The first-order chi connectivity index (χ1) is 14.9. The molecule has 0 amide bonds. The zero-order valence-electron chi connectivity index (χ0n) is 18.6. The number of hydrogen-bond donors (Lipinski definition) is 0. The van der Waals surface area contributed by atoms with E-state index < -0.39 is 0 Å². The Kier molecular flexibility index (Phi) is 4.78. The van der Waals surface area contributed by atoms with Gasteiger partial charge in [-0.15, -0.1) is 10.2 Å². The molecular formula is C24H28N6O. The maximum Gasteiger partial charge on any atom is 0.262 e. The van der Waals surface area contributed by atoms with Crippen LogP contribution in [-0.4, -0.2) is 50.2 Å². The molecule has 0 aliphatic carbocycles. The Morgan fingerprint density at radius 2 is 1.74 bits per heavy atom. The van der Waals surface area contributed by atoms with Gasteiger partial charge >= 0.3 is 0 Å². The summed E-state index contributed by atoms with van der Waals surface area (Å²) >= 11 is 0. The number of nitrogens with zero attached hydrogens (tertiary/aromatic N) is 6. The van der Waals surface area contributed by atoms with E-state index in [1.54, 1.807) is 11.6 Å². The van der Waals surface area contributed by atoms with E-state index in [-0.39, 0.29) is 5.56 Å². The summed E-state index contributed by atoms with van der Waals surface area (Å²) in [6.45, 7) is 11.0. The van der Waals surface area contributed by atoms with E-state index in [0.29, 0.717) is 17.7 Å². The molecule has 2 aromatic heterocycles. The van der Waals surface area contributed by atoms with Gasteiger partial charge < -0.3 is 4.90 Å². The lowest BCUT2D eigenvalue weighted by Crippen LogP contribution is -2.46. The van der Waals surface area contributed by atoms with Gasteiger partial charge in [-0.05, 0) is 50.1 Å².